The van der Waals surface area contributed by atoms with Gasteiger partial charge in [-0.15, -0.1) is 0 Å². The second kappa shape index (κ2) is 11.3. The van der Waals surface area contributed by atoms with Gasteiger partial charge >= 0.3 is 0 Å². The van der Waals surface area contributed by atoms with E-state index in [0.717, 1.165) is 68.3 Å². The standard InChI is InChI=1S/C30H33N5O4S/c36-30(27-22-24-9-7-15-31-29(24)35(27)40(37,38)25-10-2-1-3-11-25)32-14-4-5-16-33-17-19-34(20-18-33)26-12-6-8-23-13-21-39-28(23)26/h1-3,6-12,15,22H,4-5,13-14,16-21H2,(H,32,36). The van der Waals surface area contributed by atoms with E-state index in [9.17, 15) is 13.2 Å². The lowest BCUT2D eigenvalue weighted by Crippen LogP contribution is -2.46. The zero-order valence-electron chi connectivity index (χ0n) is 22.3. The largest absolute Gasteiger partial charge is 0.491 e. The maximum atomic E-state index is 13.5. The van der Waals surface area contributed by atoms with Gasteiger partial charge in [-0.05, 0) is 61.3 Å². The molecule has 0 bridgehead atoms. The molecule has 9 nitrogen and oxygen atoms in total. The molecule has 4 aromatic rings. The van der Waals surface area contributed by atoms with E-state index < -0.39 is 15.9 Å². The first-order chi connectivity index (χ1) is 19.5. The van der Waals surface area contributed by atoms with Gasteiger partial charge in [0, 0.05) is 50.7 Å². The lowest BCUT2D eigenvalue weighted by molar-refractivity contribution is 0.0946. The first-order valence-corrected chi connectivity index (χ1v) is 15.2. The fourth-order valence-electron chi connectivity index (χ4n) is 5.52. The first kappa shape index (κ1) is 26.3. The van der Waals surface area contributed by atoms with Gasteiger partial charge in [0.15, 0.2) is 5.65 Å². The Bertz CT molecular complexity index is 1610. The Morgan fingerprint density at radius 3 is 2.60 bits per heavy atom. The topological polar surface area (TPSA) is 96.8 Å². The van der Waals surface area contributed by atoms with Crippen LogP contribution in [0, 0.1) is 0 Å². The summed E-state index contributed by atoms with van der Waals surface area (Å²) < 4.78 is 33.9. The van der Waals surface area contributed by atoms with Crippen molar-refractivity contribution < 1.29 is 17.9 Å². The average molecular weight is 560 g/mol. The van der Waals surface area contributed by atoms with Crippen LogP contribution >= 0.6 is 0 Å². The molecule has 0 saturated carbocycles. The van der Waals surface area contributed by atoms with Crippen LogP contribution in [-0.2, 0) is 16.4 Å². The molecule has 1 amide bonds. The predicted molar refractivity (Wildman–Crippen MR) is 155 cm³/mol. The molecule has 1 N–H and O–H groups in total. The summed E-state index contributed by atoms with van der Waals surface area (Å²) in [5, 5.41) is 3.52. The highest BCUT2D eigenvalue weighted by atomic mass is 32.2. The highest BCUT2D eigenvalue weighted by molar-refractivity contribution is 7.90. The number of hydrogen-bond acceptors (Lipinski definition) is 7. The number of fused-ring (bicyclic) bond motifs is 2. The smallest absolute Gasteiger partial charge is 0.270 e. The van der Waals surface area contributed by atoms with E-state index in [1.165, 1.54) is 29.6 Å². The molecule has 4 heterocycles. The summed E-state index contributed by atoms with van der Waals surface area (Å²) in [6.45, 7) is 6.09. The van der Waals surface area contributed by atoms with Crippen molar-refractivity contribution in [2.24, 2.45) is 0 Å². The molecule has 2 aliphatic rings. The van der Waals surface area contributed by atoms with Crippen LogP contribution in [0.2, 0.25) is 0 Å². The number of ether oxygens (including phenoxy) is 1. The number of benzene rings is 2. The first-order valence-electron chi connectivity index (χ1n) is 13.8. The third-order valence-electron chi connectivity index (χ3n) is 7.63. The third-order valence-corrected chi connectivity index (χ3v) is 9.35. The van der Waals surface area contributed by atoms with Gasteiger partial charge in [-0.25, -0.2) is 17.4 Å². The molecule has 6 rings (SSSR count). The fraction of sp³-hybridized carbons (Fsp3) is 0.333. The van der Waals surface area contributed by atoms with Crippen LogP contribution in [0.5, 0.6) is 5.75 Å². The van der Waals surface area contributed by atoms with Crippen LogP contribution in [0.3, 0.4) is 0 Å². The summed E-state index contributed by atoms with van der Waals surface area (Å²) in [4.78, 5) is 22.4. The van der Waals surface area contributed by atoms with E-state index in [1.54, 1.807) is 36.4 Å². The van der Waals surface area contributed by atoms with E-state index in [2.05, 4.69) is 38.3 Å². The van der Waals surface area contributed by atoms with Crippen molar-refractivity contribution in [2.75, 3.05) is 50.8 Å². The number of carbonyl (C=O) groups excluding carboxylic acids is 1. The molecule has 2 aromatic carbocycles. The number of hydrogen-bond donors (Lipinski definition) is 1. The number of pyridine rings is 1. The normalized spacial score (nSPS) is 15.7. The molecule has 0 unspecified atom stereocenters. The zero-order chi connectivity index (χ0) is 27.5. The molecule has 1 fully saturated rings. The molecule has 2 aliphatic heterocycles. The zero-order valence-corrected chi connectivity index (χ0v) is 23.1. The van der Waals surface area contributed by atoms with Crippen LogP contribution in [0.1, 0.15) is 28.9 Å². The minimum absolute atomic E-state index is 0.0602. The Morgan fingerprint density at radius 1 is 0.950 bits per heavy atom. The van der Waals surface area contributed by atoms with Crippen molar-refractivity contribution in [3.05, 3.63) is 84.2 Å². The molecule has 0 aliphatic carbocycles. The summed E-state index contributed by atoms with van der Waals surface area (Å²) in [5.74, 6) is 0.627. The number of anilines is 1. The SMILES string of the molecule is O=C(NCCCCN1CCN(c2cccc3c2OCC3)CC1)c1cc2cccnc2n1S(=O)(=O)c1ccccc1. The van der Waals surface area contributed by atoms with Gasteiger partial charge in [0.1, 0.15) is 11.4 Å². The number of aromatic nitrogens is 2. The highest BCUT2D eigenvalue weighted by Crippen LogP contribution is 2.36. The molecule has 40 heavy (non-hydrogen) atoms. The molecule has 10 heteroatoms. The van der Waals surface area contributed by atoms with E-state index >= 15 is 0 Å². The molecule has 2 aromatic heterocycles. The minimum atomic E-state index is -4.00. The summed E-state index contributed by atoms with van der Waals surface area (Å²) in [5.41, 5.74) is 2.81. The van der Waals surface area contributed by atoms with Crippen LogP contribution in [0.15, 0.2) is 77.8 Å². The van der Waals surface area contributed by atoms with Crippen LogP contribution in [-0.4, -0.2) is 74.1 Å². The molecule has 1 saturated heterocycles. The molecular formula is C30H33N5O4S. The Hall–Kier alpha value is -3.89. The van der Waals surface area contributed by atoms with Crippen molar-refractivity contribution in [3.8, 4) is 5.75 Å². The Labute approximate surface area is 234 Å². The number of rotatable bonds is 9. The summed E-state index contributed by atoms with van der Waals surface area (Å²) in [7, 11) is -4.00. The van der Waals surface area contributed by atoms with E-state index in [1.807, 2.05) is 0 Å². The number of piperazine rings is 1. The molecule has 0 atom stereocenters. The van der Waals surface area contributed by atoms with E-state index in [-0.39, 0.29) is 16.2 Å². The third kappa shape index (κ3) is 5.16. The van der Waals surface area contributed by atoms with Crippen molar-refractivity contribution in [3.63, 3.8) is 0 Å². The lowest BCUT2D eigenvalue weighted by Gasteiger charge is -2.36. The van der Waals surface area contributed by atoms with Gasteiger partial charge in [0.2, 0.25) is 0 Å². The number of para-hydroxylation sites is 1. The van der Waals surface area contributed by atoms with Gasteiger partial charge in [-0.1, -0.05) is 30.3 Å². The molecule has 0 radical (unpaired) electrons. The Kier molecular flexibility index (Phi) is 7.44. The fourth-order valence-corrected chi connectivity index (χ4v) is 7.01. The van der Waals surface area contributed by atoms with Crippen molar-refractivity contribution in [2.45, 2.75) is 24.2 Å². The van der Waals surface area contributed by atoms with E-state index in [4.69, 9.17) is 4.74 Å². The van der Waals surface area contributed by atoms with Crippen molar-refractivity contribution in [1.29, 1.82) is 0 Å². The molecular weight excluding hydrogens is 526 g/mol. The minimum Gasteiger partial charge on any atom is -0.491 e. The predicted octanol–water partition coefficient (Wildman–Crippen LogP) is 3.54. The lowest BCUT2D eigenvalue weighted by atomic mass is 10.1. The van der Waals surface area contributed by atoms with Crippen LogP contribution < -0.4 is 15.0 Å². The van der Waals surface area contributed by atoms with Gasteiger partial charge < -0.3 is 15.0 Å². The monoisotopic (exact) mass is 559 g/mol. The van der Waals surface area contributed by atoms with Gasteiger partial charge in [-0.3, -0.25) is 9.69 Å². The summed E-state index contributed by atoms with van der Waals surface area (Å²) >= 11 is 0. The number of nitrogens with zero attached hydrogens (tertiary/aromatic N) is 4. The maximum Gasteiger partial charge on any atom is 0.270 e. The molecule has 0 spiro atoms. The Balaban J connectivity index is 1.03. The average Bonchev–Trinajstić information content (AvgIpc) is 3.63. The number of nitrogens with one attached hydrogen (secondary N) is 1. The maximum absolute atomic E-state index is 13.5. The van der Waals surface area contributed by atoms with Crippen molar-refractivity contribution in [1.82, 2.24) is 19.2 Å². The van der Waals surface area contributed by atoms with E-state index in [0.29, 0.717) is 11.9 Å². The number of carbonyl (C=O) groups is 1. The summed E-state index contributed by atoms with van der Waals surface area (Å²) in [6, 6.07) is 19.6. The molecule has 208 valence electrons. The van der Waals surface area contributed by atoms with Gasteiger partial charge in [-0.2, -0.15) is 0 Å². The number of unbranched alkanes of at least 4 members (excludes halogenated alkanes) is 1. The summed E-state index contributed by atoms with van der Waals surface area (Å²) in [6.07, 6.45) is 4.26. The van der Waals surface area contributed by atoms with Crippen molar-refractivity contribution >= 4 is 32.7 Å². The number of amides is 1. The van der Waals surface area contributed by atoms with Gasteiger partial charge in [0.25, 0.3) is 15.9 Å². The quantitative estimate of drug-likeness (QED) is 0.314. The van der Waals surface area contributed by atoms with Crippen LogP contribution in [0.25, 0.3) is 11.0 Å². The highest BCUT2D eigenvalue weighted by Gasteiger charge is 2.27. The second-order valence-corrected chi connectivity index (χ2v) is 12.0. The Morgan fingerprint density at radius 2 is 1.77 bits per heavy atom. The van der Waals surface area contributed by atoms with Gasteiger partial charge in [0.05, 0.1) is 17.2 Å². The second-order valence-electron chi connectivity index (χ2n) is 10.2. The van der Waals surface area contributed by atoms with Crippen LogP contribution in [0.4, 0.5) is 5.69 Å².